The molecule has 0 aliphatic heterocycles. The van der Waals surface area contributed by atoms with Gasteiger partial charge in [-0.1, -0.05) is 6.92 Å². The molecular formula is C22H20O7. The second-order valence-electron chi connectivity index (χ2n) is 6.34. The van der Waals surface area contributed by atoms with E-state index in [-0.39, 0.29) is 23.6 Å². The summed E-state index contributed by atoms with van der Waals surface area (Å²) in [6.07, 6.45) is 1.96. The van der Waals surface area contributed by atoms with Crippen molar-refractivity contribution in [2.45, 2.75) is 20.3 Å². The molecule has 2 aromatic carbocycles. The van der Waals surface area contributed by atoms with E-state index in [1.165, 1.54) is 13.2 Å². The van der Waals surface area contributed by atoms with E-state index in [4.69, 9.17) is 18.6 Å². The van der Waals surface area contributed by atoms with Gasteiger partial charge in [-0.3, -0.25) is 9.59 Å². The van der Waals surface area contributed by atoms with Crippen molar-refractivity contribution in [2.24, 2.45) is 0 Å². The van der Waals surface area contributed by atoms with Gasteiger partial charge in [0.15, 0.2) is 5.78 Å². The highest BCUT2D eigenvalue weighted by Crippen LogP contribution is 2.24. The van der Waals surface area contributed by atoms with Crippen LogP contribution in [-0.2, 0) is 9.53 Å². The summed E-state index contributed by atoms with van der Waals surface area (Å²) >= 11 is 0. The van der Waals surface area contributed by atoms with Gasteiger partial charge in [-0.2, -0.15) is 0 Å². The van der Waals surface area contributed by atoms with Crippen LogP contribution in [0.3, 0.4) is 0 Å². The zero-order valence-electron chi connectivity index (χ0n) is 16.1. The number of carbonyl (C=O) groups excluding carboxylic acids is 2. The zero-order chi connectivity index (χ0) is 20.8. The van der Waals surface area contributed by atoms with Crippen molar-refractivity contribution in [1.82, 2.24) is 0 Å². The summed E-state index contributed by atoms with van der Waals surface area (Å²) in [6.45, 7) is 3.64. The maximum absolute atomic E-state index is 12.6. The smallest absolute Gasteiger partial charge is 0.338 e. The van der Waals surface area contributed by atoms with E-state index in [9.17, 15) is 14.4 Å². The van der Waals surface area contributed by atoms with E-state index in [0.29, 0.717) is 34.6 Å². The summed E-state index contributed by atoms with van der Waals surface area (Å²) < 4.78 is 21.5. The Bertz CT molecular complexity index is 1080. The monoisotopic (exact) mass is 396 g/mol. The van der Waals surface area contributed by atoms with Gasteiger partial charge in [-0.25, -0.2) is 4.79 Å². The fourth-order valence-electron chi connectivity index (χ4n) is 2.50. The van der Waals surface area contributed by atoms with Crippen LogP contribution >= 0.6 is 0 Å². The predicted molar refractivity (Wildman–Crippen MR) is 106 cm³/mol. The van der Waals surface area contributed by atoms with Crippen molar-refractivity contribution in [2.75, 3.05) is 13.2 Å². The van der Waals surface area contributed by atoms with Crippen LogP contribution in [0, 0.1) is 0 Å². The molecule has 0 N–H and O–H groups in total. The first-order valence-corrected chi connectivity index (χ1v) is 9.10. The maximum Gasteiger partial charge on any atom is 0.338 e. The van der Waals surface area contributed by atoms with Gasteiger partial charge in [0.1, 0.15) is 30.0 Å². The second kappa shape index (κ2) is 9.05. The van der Waals surface area contributed by atoms with Gasteiger partial charge in [0, 0.05) is 6.07 Å². The first-order valence-electron chi connectivity index (χ1n) is 9.10. The number of hydrogen-bond donors (Lipinski definition) is 0. The number of Topliss-reactive ketones (excluding diaryl/α,β-unsaturated/α-hetero) is 1. The highest BCUT2D eigenvalue weighted by Gasteiger charge is 2.12. The molecule has 7 heteroatoms. The number of ether oxygens (including phenoxy) is 3. The Labute approximate surface area is 166 Å². The van der Waals surface area contributed by atoms with Gasteiger partial charge in [0.25, 0.3) is 0 Å². The van der Waals surface area contributed by atoms with Gasteiger partial charge < -0.3 is 18.6 Å². The molecular weight excluding hydrogens is 376 g/mol. The topological polar surface area (TPSA) is 92.0 Å². The number of hydrogen-bond acceptors (Lipinski definition) is 7. The van der Waals surface area contributed by atoms with Crippen molar-refractivity contribution in [3.05, 3.63) is 64.5 Å². The molecule has 0 radical (unpaired) electrons. The van der Waals surface area contributed by atoms with Crippen LogP contribution < -0.4 is 14.9 Å². The van der Waals surface area contributed by atoms with Crippen molar-refractivity contribution < 1.29 is 28.2 Å². The van der Waals surface area contributed by atoms with E-state index in [1.807, 2.05) is 6.92 Å². The van der Waals surface area contributed by atoms with E-state index < -0.39 is 5.97 Å². The molecule has 0 saturated carbocycles. The van der Waals surface area contributed by atoms with Gasteiger partial charge in [-0.05, 0) is 49.7 Å². The van der Waals surface area contributed by atoms with Gasteiger partial charge in [-0.15, -0.1) is 0 Å². The SMILES string of the molecule is CCCOC(=O)c1ccc(Oc2coc3cc(OCC(C)=O)ccc3c2=O)cc1. The maximum atomic E-state index is 12.6. The molecule has 0 amide bonds. The number of benzene rings is 2. The second-order valence-corrected chi connectivity index (χ2v) is 6.34. The number of ketones is 1. The molecule has 7 nitrogen and oxygen atoms in total. The molecule has 3 aromatic rings. The van der Waals surface area contributed by atoms with Gasteiger partial charge in [0.05, 0.1) is 17.6 Å². The molecule has 0 aliphatic rings. The molecule has 0 saturated heterocycles. The normalized spacial score (nSPS) is 10.6. The minimum Gasteiger partial charge on any atom is -0.486 e. The molecule has 150 valence electrons. The van der Waals surface area contributed by atoms with Crippen LogP contribution in [0.5, 0.6) is 17.2 Å². The van der Waals surface area contributed by atoms with Crippen molar-refractivity contribution >= 4 is 22.7 Å². The average molecular weight is 396 g/mol. The summed E-state index contributed by atoms with van der Waals surface area (Å²) in [4.78, 5) is 35.5. The van der Waals surface area contributed by atoms with Gasteiger partial charge in [0.2, 0.25) is 11.2 Å². The quantitative estimate of drug-likeness (QED) is 0.529. The molecule has 29 heavy (non-hydrogen) atoms. The standard InChI is InChI=1S/C22H20O7/c1-3-10-26-22(25)15-4-6-16(7-5-15)29-20-13-28-19-11-17(27-12-14(2)23)8-9-18(19)21(20)24/h4-9,11,13H,3,10,12H2,1-2H3. The predicted octanol–water partition coefficient (Wildman–Crippen LogP) is 4.12. The molecule has 1 heterocycles. The van der Waals surface area contributed by atoms with Crippen LogP contribution in [0.15, 0.2) is 57.9 Å². The summed E-state index contributed by atoms with van der Waals surface area (Å²) in [5, 5.41) is 0.317. The fourth-order valence-corrected chi connectivity index (χ4v) is 2.50. The zero-order valence-corrected chi connectivity index (χ0v) is 16.1. The third-order valence-electron chi connectivity index (χ3n) is 3.91. The molecule has 3 rings (SSSR count). The van der Waals surface area contributed by atoms with Crippen LogP contribution in [-0.4, -0.2) is 25.0 Å². The van der Waals surface area contributed by atoms with Crippen LogP contribution in [0.1, 0.15) is 30.6 Å². The average Bonchev–Trinajstić information content (AvgIpc) is 2.73. The Morgan fingerprint density at radius 3 is 2.45 bits per heavy atom. The Hall–Kier alpha value is -3.61. The van der Waals surface area contributed by atoms with E-state index in [2.05, 4.69) is 0 Å². The Kier molecular flexibility index (Phi) is 6.29. The first-order chi connectivity index (χ1) is 14.0. The van der Waals surface area contributed by atoms with E-state index in [1.54, 1.807) is 42.5 Å². The Morgan fingerprint density at radius 1 is 1.03 bits per heavy atom. The van der Waals surface area contributed by atoms with E-state index in [0.717, 1.165) is 6.42 Å². The molecule has 0 unspecified atom stereocenters. The molecule has 0 fully saturated rings. The lowest BCUT2D eigenvalue weighted by atomic mass is 10.2. The third-order valence-corrected chi connectivity index (χ3v) is 3.91. The fraction of sp³-hybridized carbons (Fsp3) is 0.227. The van der Waals surface area contributed by atoms with Crippen LogP contribution in [0.4, 0.5) is 0 Å². The lowest BCUT2D eigenvalue weighted by Crippen LogP contribution is -2.08. The summed E-state index contributed by atoms with van der Waals surface area (Å²) in [5.41, 5.74) is 0.364. The van der Waals surface area contributed by atoms with Crippen LogP contribution in [0.25, 0.3) is 11.0 Å². The molecule has 0 bridgehead atoms. The van der Waals surface area contributed by atoms with Gasteiger partial charge >= 0.3 is 5.97 Å². The Balaban J connectivity index is 1.77. The number of esters is 1. The van der Waals surface area contributed by atoms with E-state index >= 15 is 0 Å². The third kappa shape index (κ3) is 5.01. The highest BCUT2D eigenvalue weighted by molar-refractivity contribution is 5.89. The first kappa shape index (κ1) is 20.1. The van der Waals surface area contributed by atoms with Crippen molar-refractivity contribution in [1.29, 1.82) is 0 Å². The number of fused-ring (bicyclic) bond motifs is 1. The minimum atomic E-state index is -0.411. The summed E-state index contributed by atoms with van der Waals surface area (Å²) in [5.74, 6) is 0.294. The van der Waals surface area contributed by atoms with Crippen LogP contribution in [0.2, 0.25) is 0 Å². The lowest BCUT2D eigenvalue weighted by molar-refractivity contribution is -0.118. The lowest BCUT2D eigenvalue weighted by Gasteiger charge is -2.08. The largest absolute Gasteiger partial charge is 0.486 e. The number of rotatable bonds is 8. The molecule has 0 atom stereocenters. The summed E-state index contributed by atoms with van der Waals surface area (Å²) in [6, 6.07) is 11.0. The van der Waals surface area contributed by atoms with Crippen molar-refractivity contribution in [3.8, 4) is 17.2 Å². The number of carbonyl (C=O) groups is 2. The molecule has 1 aromatic heterocycles. The minimum absolute atomic E-state index is 0.0104. The van der Waals surface area contributed by atoms with Crippen molar-refractivity contribution in [3.63, 3.8) is 0 Å². The molecule has 0 aliphatic carbocycles. The highest BCUT2D eigenvalue weighted by atomic mass is 16.5. The Morgan fingerprint density at radius 2 is 1.76 bits per heavy atom. The molecule has 0 spiro atoms. The summed E-state index contributed by atoms with van der Waals surface area (Å²) in [7, 11) is 0.